The molecule has 112 valence electrons. The Balaban J connectivity index is 2.03. The van der Waals surface area contributed by atoms with Crippen molar-refractivity contribution in [2.24, 2.45) is 7.05 Å². The molecule has 1 amide bonds. The second-order valence-electron chi connectivity index (χ2n) is 4.04. The molecule has 0 aromatic carbocycles. The Labute approximate surface area is 133 Å². The first-order chi connectivity index (χ1) is 10.0. The summed E-state index contributed by atoms with van der Waals surface area (Å²) in [6.45, 7) is 2.08. The van der Waals surface area contributed by atoms with Crippen molar-refractivity contribution in [1.82, 2.24) is 14.8 Å². The number of hydrogen-bond donors (Lipinski definition) is 1. The van der Waals surface area contributed by atoms with E-state index in [0.29, 0.717) is 27.6 Å². The molecule has 7 nitrogen and oxygen atoms in total. The smallest absolute Gasteiger partial charge is 0.311 e. The predicted octanol–water partition coefficient (Wildman–Crippen LogP) is 2.00. The Morgan fingerprint density at radius 3 is 2.90 bits per heavy atom. The molecule has 0 saturated heterocycles. The third-order valence-corrected chi connectivity index (χ3v) is 3.90. The van der Waals surface area contributed by atoms with E-state index < -0.39 is 0 Å². The average molecular weight is 373 g/mol. The van der Waals surface area contributed by atoms with Gasteiger partial charge in [0.05, 0.1) is 29.4 Å². The van der Waals surface area contributed by atoms with Crippen LogP contribution in [0.2, 0.25) is 0 Å². The summed E-state index contributed by atoms with van der Waals surface area (Å²) in [5.41, 5.74) is 0.968. The van der Waals surface area contributed by atoms with Crippen LogP contribution < -0.4 is 5.32 Å². The molecule has 0 saturated carbocycles. The van der Waals surface area contributed by atoms with Gasteiger partial charge < -0.3 is 4.74 Å². The van der Waals surface area contributed by atoms with Gasteiger partial charge in [-0.15, -0.1) is 11.3 Å². The van der Waals surface area contributed by atoms with E-state index in [1.54, 1.807) is 25.5 Å². The van der Waals surface area contributed by atoms with E-state index >= 15 is 0 Å². The van der Waals surface area contributed by atoms with Crippen LogP contribution in [0.1, 0.15) is 23.1 Å². The summed E-state index contributed by atoms with van der Waals surface area (Å²) < 4.78 is 6.91. The molecule has 0 radical (unpaired) electrons. The highest BCUT2D eigenvalue weighted by molar-refractivity contribution is 9.10. The van der Waals surface area contributed by atoms with Gasteiger partial charge in [0.1, 0.15) is 5.69 Å². The first kappa shape index (κ1) is 15.6. The van der Waals surface area contributed by atoms with Crippen LogP contribution in [0.5, 0.6) is 0 Å². The number of nitrogens with one attached hydrogen (secondary N) is 1. The van der Waals surface area contributed by atoms with Crippen molar-refractivity contribution in [2.45, 2.75) is 13.3 Å². The third-order valence-electron chi connectivity index (χ3n) is 2.51. The van der Waals surface area contributed by atoms with Gasteiger partial charge in [0.25, 0.3) is 5.91 Å². The van der Waals surface area contributed by atoms with E-state index in [-0.39, 0.29) is 18.3 Å². The maximum atomic E-state index is 12.1. The van der Waals surface area contributed by atoms with Gasteiger partial charge in [-0.05, 0) is 22.9 Å². The predicted molar refractivity (Wildman–Crippen MR) is 81.3 cm³/mol. The number of esters is 1. The molecular weight excluding hydrogens is 360 g/mol. The lowest BCUT2D eigenvalue weighted by Crippen LogP contribution is -2.16. The average Bonchev–Trinajstić information content (AvgIpc) is 2.97. The molecule has 0 unspecified atom stereocenters. The van der Waals surface area contributed by atoms with Crippen LogP contribution in [0.25, 0.3) is 0 Å². The lowest BCUT2D eigenvalue weighted by molar-refractivity contribution is -0.142. The zero-order chi connectivity index (χ0) is 15.4. The molecule has 0 spiro atoms. The molecule has 0 atom stereocenters. The molecule has 2 aromatic rings. The summed E-state index contributed by atoms with van der Waals surface area (Å²) in [7, 11) is 1.67. The van der Waals surface area contributed by atoms with Gasteiger partial charge in [0.2, 0.25) is 0 Å². The molecular formula is C12H13BrN4O3S. The lowest BCUT2D eigenvalue weighted by atomic mass is 10.3. The quantitative estimate of drug-likeness (QED) is 0.811. The summed E-state index contributed by atoms with van der Waals surface area (Å²) in [6.07, 6.45) is 1.64. The van der Waals surface area contributed by atoms with E-state index in [4.69, 9.17) is 4.74 Å². The highest BCUT2D eigenvalue weighted by Crippen LogP contribution is 2.20. The number of aryl methyl sites for hydroxylation is 1. The normalized spacial score (nSPS) is 10.4. The number of carbonyl (C=O) groups excluding carboxylic acids is 2. The van der Waals surface area contributed by atoms with Crippen molar-refractivity contribution >= 4 is 44.3 Å². The Bertz CT molecular complexity index is 648. The minimum Gasteiger partial charge on any atom is -0.466 e. The summed E-state index contributed by atoms with van der Waals surface area (Å²) in [5, 5.41) is 8.79. The van der Waals surface area contributed by atoms with Gasteiger partial charge in [0, 0.05) is 12.4 Å². The standard InChI is InChI=1S/C12H13BrN4O3S/c1-3-20-9(18)4-7-6-21-12(15-7)16-11(19)10-8(13)5-14-17(10)2/h5-6H,3-4H2,1-2H3,(H,15,16,19). The fraction of sp³-hybridized carbons (Fsp3) is 0.333. The lowest BCUT2D eigenvalue weighted by Gasteiger charge is -2.02. The molecule has 0 bridgehead atoms. The van der Waals surface area contributed by atoms with Crippen LogP contribution >= 0.6 is 27.3 Å². The van der Waals surface area contributed by atoms with Crippen LogP contribution in [0.15, 0.2) is 16.0 Å². The van der Waals surface area contributed by atoms with Crippen molar-refractivity contribution < 1.29 is 14.3 Å². The maximum absolute atomic E-state index is 12.1. The fourth-order valence-electron chi connectivity index (χ4n) is 1.63. The Kier molecular flexibility index (Phi) is 5.07. The SMILES string of the molecule is CCOC(=O)Cc1csc(NC(=O)c2c(Br)cnn2C)n1. The van der Waals surface area contributed by atoms with Crippen molar-refractivity contribution in [3.63, 3.8) is 0 Å². The molecule has 0 aliphatic carbocycles. The molecule has 1 N–H and O–H groups in total. The fourth-order valence-corrected chi connectivity index (χ4v) is 2.86. The molecule has 2 rings (SSSR count). The summed E-state index contributed by atoms with van der Waals surface area (Å²) in [5.74, 6) is -0.658. The Hall–Kier alpha value is -1.74. The molecule has 0 aliphatic heterocycles. The van der Waals surface area contributed by atoms with Gasteiger partial charge in [0.15, 0.2) is 5.13 Å². The van der Waals surface area contributed by atoms with Crippen LogP contribution in [-0.4, -0.2) is 33.2 Å². The van der Waals surface area contributed by atoms with Crippen molar-refractivity contribution in [2.75, 3.05) is 11.9 Å². The largest absolute Gasteiger partial charge is 0.466 e. The summed E-state index contributed by atoms with van der Waals surface area (Å²) in [4.78, 5) is 27.7. The third kappa shape index (κ3) is 3.88. The van der Waals surface area contributed by atoms with Crippen molar-refractivity contribution in [3.8, 4) is 0 Å². The van der Waals surface area contributed by atoms with E-state index in [1.165, 1.54) is 16.0 Å². The van der Waals surface area contributed by atoms with Gasteiger partial charge in [-0.1, -0.05) is 0 Å². The van der Waals surface area contributed by atoms with Crippen LogP contribution in [-0.2, 0) is 23.0 Å². The minimum atomic E-state index is -0.338. The second-order valence-corrected chi connectivity index (χ2v) is 5.76. The topological polar surface area (TPSA) is 86.1 Å². The first-order valence-electron chi connectivity index (χ1n) is 6.10. The number of ether oxygens (including phenoxy) is 1. The first-order valence-corrected chi connectivity index (χ1v) is 7.77. The number of rotatable bonds is 5. The number of halogens is 1. The zero-order valence-electron chi connectivity index (χ0n) is 11.4. The van der Waals surface area contributed by atoms with E-state index in [2.05, 4.69) is 31.3 Å². The molecule has 2 heterocycles. The Morgan fingerprint density at radius 1 is 1.52 bits per heavy atom. The monoisotopic (exact) mass is 372 g/mol. The molecule has 2 aromatic heterocycles. The van der Waals surface area contributed by atoms with Gasteiger partial charge in [-0.2, -0.15) is 5.10 Å². The highest BCUT2D eigenvalue weighted by Gasteiger charge is 2.17. The number of nitrogens with zero attached hydrogens (tertiary/aromatic N) is 3. The van der Waals surface area contributed by atoms with Gasteiger partial charge in [-0.25, -0.2) is 4.98 Å². The van der Waals surface area contributed by atoms with Gasteiger partial charge >= 0.3 is 5.97 Å². The van der Waals surface area contributed by atoms with Crippen molar-refractivity contribution in [3.05, 3.63) is 27.4 Å². The van der Waals surface area contributed by atoms with Crippen LogP contribution in [0.4, 0.5) is 5.13 Å². The van der Waals surface area contributed by atoms with Gasteiger partial charge in [-0.3, -0.25) is 19.6 Å². The number of aromatic nitrogens is 3. The van der Waals surface area contributed by atoms with E-state index in [0.717, 1.165) is 0 Å². The van der Waals surface area contributed by atoms with E-state index in [1.807, 2.05) is 0 Å². The summed E-state index contributed by atoms with van der Waals surface area (Å²) in [6, 6.07) is 0. The molecule has 9 heteroatoms. The molecule has 0 fully saturated rings. The zero-order valence-corrected chi connectivity index (χ0v) is 13.8. The minimum absolute atomic E-state index is 0.0929. The van der Waals surface area contributed by atoms with E-state index in [9.17, 15) is 9.59 Å². The number of anilines is 1. The maximum Gasteiger partial charge on any atom is 0.311 e. The van der Waals surface area contributed by atoms with Crippen LogP contribution in [0, 0.1) is 0 Å². The van der Waals surface area contributed by atoms with Crippen molar-refractivity contribution in [1.29, 1.82) is 0 Å². The molecule has 21 heavy (non-hydrogen) atoms. The number of amides is 1. The second kappa shape index (κ2) is 6.81. The highest BCUT2D eigenvalue weighted by atomic mass is 79.9. The summed E-state index contributed by atoms with van der Waals surface area (Å²) >= 11 is 4.52. The molecule has 0 aliphatic rings. The Morgan fingerprint density at radius 2 is 2.29 bits per heavy atom. The van der Waals surface area contributed by atoms with Crippen LogP contribution in [0.3, 0.4) is 0 Å². The number of hydrogen-bond acceptors (Lipinski definition) is 6. The number of carbonyl (C=O) groups is 2. The number of thiazole rings is 1.